The van der Waals surface area contributed by atoms with Crippen LogP contribution < -0.4 is 10.6 Å². The summed E-state index contributed by atoms with van der Waals surface area (Å²) in [7, 11) is 0. The Morgan fingerprint density at radius 2 is 2.33 bits per heavy atom. The van der Waals surface area contributed by atoms with Gasteiger partial charge in [-0.05, 0) is 31.5 Å². The smallest absolute Gasteiger partial charge is 0.306 e. The number of halogens is 1. The van der Waals surface area contributed by atoms with E-state index in [9.17, 15) is 14.5 Å². The molecule has 0 spiro atoms. The molecule has 0 radical (unpaired) electrons. The van der Waals surface area contributed by atoms with Gasteiger partial charge in [-0.2, -0.15) is 4.39 Å². The fourth-order valence-corrected chi connectivity index (χ4v) is 2.10. The molecule has 1 fully saturated rings. The molecule has 1 aliphatic rings. The maximum Gasteiger partial charge on any atom is 0.306 e. The minimum Gasteiger partial charge on any atom is -0.383 e. The van der Waals surface area contributed by atoms with Gasteiger partial charge in [-0.3, -0.25) is 10.1 Å². The summed E-state index contributed by atoms with van der Waals surface area (Å²) in [4.78, 5) is 9.90. The maximum absolute atomic E-state index is 13.1. The Hall–Kier alpha value is -1.69. The first-order chi connectivity index (χ1) is 8.66. The second-order valence-corrected chi connectivity index (χ2v) is 4.45. The van der Waals surface area contributed by atoms with E-state index in [4.69, 9.17) is 0 Å². The minimum atomic E-state index is -0.804. The maximum atomic E-state index is 13.1. The first kappa shape index (κ1) is 12.8. The van der Waals surface area contributed by atoms with Crippen LogP contribution >= 0.6 is 0 Å². The Morgan fingerprint density at radius 3 is 3.00 bits per heavy atom. The molecule has 18 heavy (non-hydrogen) atoms. The normalized spacial score (nSPS) is 19.5. The molecular weight excluding hydrogens is 237 g/mol. The second-order valence-electron chi connectivity index (χ2n) is 4.45. The largest absolute Gasteiger partial charge is 0.383 e. The van der Waals surface area contributed by atoms with E-state index in [-0.39, 0.29) is 0 Å². The third-order valence-corrected chi connectivity index (χ3v) is 3.11. The monoisotopic (exact) mass is 253 g/mol. The van der Waals surface area contributed by atoms with E-state index in [1.807, 2.05) is 0 Å². The highest BCUT2D eigenvalue weighted by atomic mass is 19.1. The molecule has 0 aromatic heterocycles. The molecule has 1 aromatic rings. The third-order valence-electron chi connectivity index (χ3n) is 3.11. The van der Waals surface area contributed by atoms with Gasteiger partial charge in [0, 0.05) is 24.3 Å². The van der Waals surface area contributed by atoms with Crippen molar-refractivity contribution in [2.45, 2.75) is 25.3 Å². The number of nitrogens with zero attached hydrogens (tertiary/aromatic N) is 1. The second kappa shape index (κ2) is 5.77. The van der Waals surface area contributed by atoms with Gasteiger partial charge in [0.05, 0.1) is 4.92 Å². The zero-order valence-electron chi connectivity index (χ0n) is 9.99. The highest BCUT2D eigenvalue weighted by molar-refractivity contribution is 5.51. The molecule has 5 nitrogen and oxygen atoms in total. The predicted octanol–water partition coefficient (Wildman–Crippen LogP) is 2.29. The highest BCUT2D eigenvalue weighted by Gasteiger charge is 2.15. The fraction of sp³-hybridized carbons (Fsp3) is 0.500. The Labute approximate surface area is 105 Å². The number of piperidine rings is 1. The number of benzene rings is 1. The molecule has 1 atom stereocenters. The lowest BCUT2D eigenvalue weighted by Gasteiger charge is -2.24. The quantitative estimate of drug-likeness (QED) is 0.638. The van der Waals surface area contributed by atoms with Crippen LogP contribution in [0.3, 0.4) is 0 Å². The van der Waals surface area contributed by atoms with Crippen molar-refractivity contribution in [2.75, 3.05) is 18.4 Å². The summed E-state index contributed by atoms with van der Waals surface area (Å²) >= 11 is 0. The average molecular weight is 253 g/mol. The Kier molecular flexibility index (Phi) is 4.09. The molecule has 1 aromatic carbocycles. The Balaban J connectivity index is 1.96. The fourth-order valence-electron chi connectivity index (χ4n) is 2.10. The van der Waals surface area contributed by atoms with Crippen molar-refractivity contribution in [1.82, 2.24) is 5.32 Å². The Morgan fingerprint density at radius 1 is 1.50 bits per heavy atom. The molecule has 1 saturated heterocycles. The zero-order chi connectivity index (χ0) is 13.0. The van der Waals surface area contributed by atoms with E-state index >= 15 is 0 Å². The van der Waals surface area contributed by atoms with Crippen LogP contribution in [0.15, 0.2) is 18.2 Å². The number of hydrogen-bond acceptors (Lipinski definition) is 4. The first-order valence-electron chi connectivity index (χ1n) is 6.08. The summed E-state index contributed by atoms with van der Waals surface area (Å²) in [5.74, 6) is -0.804. The van der Waals surface area contributed by atoms with Gasteiger partial charge < -0.3 is 10.6 Å². The van der Waals surface area contributed by atoms with Crippen molar-refractivity contribution < 1.29 is 9.31 Å². The van der Waals surface area contributed by atoms with E-state index < -0.39 is 16.4 Å². The highest BCUT2D eigenvalue weighted by Crippen LogP contribution is 2.21. The van der Waals surface area contributed by atoms with E-state index in [1.165, 1.54) is 25.0 Å². The van der Waals surface area contributed by atoms with E-state index in [2.05, 4.69) is 10.6 Å². The van der Waals surface area contributed by atoms with Crippen LogP contribution in [0.5, 0.6) is 0 Å². The predicted molar refractivity (Wildman–Crippen MR) is 67.2 cm³/mol. The molecule has 98 valence electrons. The lowest BCUT2D eigenvalue weighted by molar-refractivity contribution is -0.387. The van der Waals surface area contributed by atoms with Gasteiger partial charge in [0.2, 0.25) is 5.82 Å². The van der Waals surface area contributed by atoms with Crippen molar-refractivity contribution >= 4 is 11.4 Å². The summed E-state index contributed by atoms with van der Waals surface area (Å²) in [5.41, 5.74) is 0.0899. The van der Waals surface area contributed by atoms with Crippen LogP contribution in [0.25, 0.3) is 0 Å². The number of rotatable bonds is 4. The Bertz CT molecular complexity index is 433. The SMILES string of the molecule is O=[N+]([O-])c1cc(NCC2CCCCN2)ccc1F. The first-order valence-corrected chi connectivity index (χ1v) is 6.08. The van der Waals surface area contributed by atoms with Gasteiger partial charge in [0.1, 0.15) is 0 Å². The number of nitrogens with one attached hydrogen (secondary N) is 2. The molecule has 0 aliphatic carbocycles. The molecule has 0 amide bonds. The lowest BCUT2D eigenvalue weighted by Crippen LogP contribution is -2.39. The van der Waals surface area contributed by atoms with Crippen LogP contribution in [0, 0.1) is 15.9 Å². The molecule has 2 rings (SSSR count). The van der Waals surface area contributed by atoms with Crippen LogP contribution in [-0.2, 0) is 0 Å². The molecule has 2 N–H and O–H groups in total. The number of anilines is 1. The topological polar surface area (TPSA) is 67.2 Å². The molecule has 0 bridgehead atoms. The van der Waals surface area contributed by atoms with Gasteiger partial charge in [-0.1, -0.05) is 6.42 Å². The standard InChI is InChI=1S/C12H16FN3O2/c13-11-5-4-9(7-12(11)16(17)18)15-8-10-3-1-2-6-14-10/h4-5,7,10,14-15H,1-3,6,8H2. The summed E-state index contributed by atoms with van der Waals surface area (Å²) in [6.45, 7) is 1.71. The number of hydrogen-bond donors (Lipinski definition) is 2. The number of nitro groups is 1. The lowest BCUT2D eigenvalue weighted by atomic mass is 10.1. The molecule has 1 unspecified atom stereocenters. The van der Waals surface area contributed by atoms with Crippen LogP contribution in [0.2, 0.25) is 0 Å². The van der Waals surface area contributed by atoms with Gasteiger partial charge in [0.15, 0.2) is 0 Å². The third kappa shape index (κ3) is 3.16. The average Bonchev–Trinajstić information content (AvgIpc) is 2.38. The van der Waals surface area contributed by atoms with Gasteiger partial charge >= 0.3 is 5.69 Å². The number of nitro benzene ring substituents is 1. The van der Waals surface area contributed by atoms with Crippen molar-refractivity contribution in [3.05, 3.63) is 34.1 Å². The van der Waals surface area contributed by atoms with Gasteiger partial charge in [-0.25, -0.2) is 0 Å². The van der Waals surface area contributed by atoms with Gasteiger partial charge in [-0.15, -0.1) is 0 Å². The van der Waals surface area contributed by atoms with E-state index in [0.717, 1.165) is 19.0 Å². The van der Waals surface area contributed by atoms with Crippen molar-refractivity contribution in [3.8, 4) is 0 Å². The van der Waals surface area contributed by atoms with E-state index in [1.54, 1.807) is 0 Å². The van der Waals surface area contributed by atoms with Crippen molar-refractivity contribution in [1.29, 1.82) is 0 Å². The summed E-state index contributed by atoms with van der Waals surface area (Å²) in [5, 5.41) is 17.1. The van der Waals surface area contributed by atoms with E-state index in [0.29, 0.717) is 18.3 Å². The molecule has 6 heteroatoms. The van der Waals surface area contributed by atoms with Crippen LogP contribution in [-0.4, -0.2) is 24.1 Å². The molecular formula is C12H16FN3O2. The summed E-state index contributed by atoms with van der Waals surface area (Å²) < 4.78 is 13.1. The van der Waals surface area contributed by atoms with Crippen molar-refractivity contribution in [2.24, 2.45) is 0 Å². The van der Waals surface area contributed by atoms with Gasteiger partial charge in [0.25, 0.3) is 0 Å². The molecule has 1 heterocycles. The zero-order valence-corrected chi connectivity index (χ0v) is 9.99. The molecule has 1 aliphatic heterocycles. The summed E-state index contributed by atoms with van der Waals surface area (Å²) in [6.07, 6.45) is 3.48. The van der Waals surface area contributed by atoms with Crippen LogP contribution in [0.4, 0.5) is 15.8 Å². The van der Waals surface area contributed by atoms with Crippen LogP contribution in [0.1, 0.15) is 19.3 Å². The summed E-state index contributed by atoms with van der Waals surface area (Å²) in [6, 6.07) is 4.25. The molecule has 0 saturated carbocycles. The van der Waals surface area contributed by atoms with Crippen molar-refractivity contribution in [3.63, 3.8) is 0 Å². The minimum absolute atomic E-state index is 0.378.